The van der Waals surface area contributed by atoms with E-state index in [-0.39, 0.29) is 0 Å². The van der Waals surface area contributed by atoms with E-state index in [0.29, 0.717) is 0 Å². The Labute approximate surface area is 377 Å². The maximum Gasteiger partial charge on any atom is 0.136 e. The van der Waals surface area contributed by atoms with Crippen molar-refractivity contribution in [2.45, 2.75) is 5.41 Å². The van der Waals surface area contributed by atoms with Crippen LogP contribution >= 0.6 is 0 Å². The Morgan fingerprint density at radius 1 is 0.242 bits per heavy atom. The third kappa shape index (κ3) is 4.20. The minimum absolute atomic E-state index is 0.410. The molecule has 0 saturated heterocycles. The fourth-order valence-electron chi connectivity index (χ4n) is 12.6. The molecule has 304 valence electrons. The summed E-state index contributed by atoms with van der Waals surface area (Å²) in [6.45, 7) is 0. The van der Waals surface area contributed by atoms with E-state index >= 15 is 0 Å². The zero-order valence-electron chi connectivity index (χ0n) is 35.4. The molecule has 0 fully saturated rings. The van der Waals surface area contributed by atoms with Crippen LogP contribution in [0.2, 0.25) is 0 Å². The summed E-state index contributed by atoms with van der Waals surface area (Å²) in [5, 5.41) is 11.4. The third-order valence-corrected chi connectivity index (χ3v) is 15.1. The lowest BCUT2D eigenvalue weighted by atomic mass is 9.70. The van der Waals surface area contributed by atoms with Crippen molar-refractivity contribution in [2.24, 2.45) is 0 Å². The highest BCUT2D eigenvalue weighted by Crippen LogP contribution is 2.64. The van der Waals surface area contributed by atoms with Gasteiger partial charge in [0.25, 0.3) is 0 Å². The van der Waals surface area contributed by atoms with Crippen molar-refractivity contribution in [2.75, 3.05) is 0 Å². The number of para-hydroxylation sites is 1. The van der Waals surface area contributed by atoms with E-state index in [1.807, 2.05) is 24.3 Å². The van der Waals surface area contributed by atoms with Crippen LogP contribution in [0.1, 0.15) is 22.3 Å². The molecule has 0 atom stereocenters. The molecule has 66 heavy (non-hydrogen) atoms. The van der Waals surface area contributed by atoms with Crippen molar-refractivity contribution in [1.82, 2.24) is 0 Å². The van der Waals surface area contributed by atoms with Crippen molar-refractivity contribution in [3.8, 4) is 44.5 Å². The van der Waals surface area contributed by atoms with Crippen LogP contribution in [0, 0.1) is 0 Å². The summed E-state index contributed by atoms with van der Waals surface area (Å²) in [4.78, 5) is 0. The first-order valence-corrected chi connectivity index (χ1v) is 22.7. The van der Waals surface area contributed by atoms with Gasteiger partial charge in [0.05, 0.1) is 5.41 Å². The molecule has 3 aromatic heterocycles. The van der Waals surface area contributed by atoms with E-state index in [0.717, 1.165) is 71.6 Å². The molecule has 0 bridgehead atoms. The molecule has 2 aliphatic carbocycles. The van der Waals surface area contributed by atoms with Gasteiger partial charge in [-0.2, -0.15) is 0 Å². The topological polar surface area (TPSA) is 39.4 Å². The van der Waals surface area contributed by atoms with E-state index in [4.69, 9.17) is 13.3 Å². The van der Waals surface area contributed by atoms with Gasteiger partial charge in [-0.05, 0) is 137 Å². The van der Waals surface area contributed by atoms with Gasteiger partial charge in [-0.15, -0.1) is 0 Å². The second-order valence-corrected chi connectivity index (χ2v) is 18.1. The Hall–Kier alpha value is -8.66. The fraction of sp³-hybridized carbons (Fsp3) is 0.0159. The molecule has 1 spiro atoms. The predicted molar refractivity (Wildman–Crippen MR) is 270 cm³/mol. The van der Waals surface area contributed by atoms with Crippen LogP contribution in [0.15, 0.2) is 220 Å². The lowest BCUT2D eigenvalue weighted by Gasteiger charge is -2.30. The largest absolute Gasteiger partial charge is 0.456 e. The molecule has 11 aromatic carbocycles. The van der Waals surface area contributed by atoms with Crippen LogP contribution in [-0.4, -0.2) is 0 Å². The van der Waals surface area contributed by atoms with Gasteiger partial charge in [-0.1, -0.05) is 158 Å². The summed E-state index contributed by atoms with van der Waals surface area (Å²) < 4.78 is 19.9. The standard InChI is InChI=1S/C63H34O3/c1-3-17-41-39(15-1)57(40-16-2-4-18-42(40)58(41)36-26-28-46-56(34-36)66-54-32-31-53-61(62(46)54)44-20-8-12-24-51(44)64-53)35-25-27-45-55(33-35)65-52-30-29-50-59(60(45)52)43-19-7-11-23-49(43)63(50)47-21-9-5-13-37(47)38-14-6-10-22-48(38)63/h1-34H. The highest BCUT2D eigenvalue weighted by molar-refractivity contribution is 6.27. The van der Waals surface area contributed by atoms with Crippen LogP contribution in [-0.2, 0) is 5.41 Å². The summed E-state index contributed by atoms with van der Waals surface area (Å²) in [5.74, 6) is 0. The Morgan fingerprint density at radius 3 is 1.20 bits per heavy atom. The molecule has 0 amide bonds. The Balaban J connectivity index is 0.905. The average Bonchev–Trinajstić information content (AvgIpc) is 4.17. The first-order chi connectivity index (χ1) is 32.7. The maximum atomic E-state index is 6.96. The summed E-state index contributed by atoms with van der Waals surface area (Å²) in [6.07, 6.45) is 0. The minimum atomic E-state index is -0.410. The van der Waals surface area contributed by atoms with E-state index in [2.05, 4.69) is 182 Å². The van der Waals surface area contributed by atoms with E-state index in [9.17, 15) is 0 Å². The first-order valence-electron chi connectivity index (χ1n) is 22.7. The number of rotatable bonds is 2. The molecule has 3 nitrogen and oxygen atoms in total. The summed E-state index contributed by atoms with van der Waals surface area (Å²) in [5.41, 5.74) is 19.9. The quantitative estimate of drug-likeness (QED) is 0.163. The molecule has 3 heteroatoms. The zero-order chi connectivity index (χ0) is 42.8. The highest BCUT2D eigenvalue weighted by Gasteiger charge is 2.52. The van der Waals surface area contributed by atoms with Gasteiger partial charge in [-0.25, -0.2) is 0 Å². The predicted octanol–water partition coefficient (Wildman–Crippen LogP) is 17.4. The normalized spacial score (nSPS) is 13.6. The van der Waals surface area contributed by atoms with Crippen LogP contribution < -0.4 is 0 Å². The van der Waals surface area contributed by atoms with Gasteiger partial charge in [0, 0.05) is 32.3 Å². The SMILES string of the molecule is c1ccc2c(c1)-c1ccccc1C21c2ccccc2-c2c1ccc1oc3cc(-c4c5ccccc5c(-c5ccc6c(c5)oc5ccc7oc8ccccc8c7c56)c5ccccc45)ccc3c21. The average molecular weight is 839 g/mol. The van der Waals surface area contributed by atoms with Crippen LogP contribution in [0.5, 0.6) is 0 Å². The van der Waals surface area contributed by atoms with E-state index in [1.54, 1.807) is 0 Å². The summed E-state index contributed by atoms with van der Waals surface area (Å²) >= 11 is 0. The Kier molecular flexibility index (Phi) is 6.49. The number of hydrogen-bond acceptors (Lipinski definition) is 3. The van der Waals surface area contributed by atoms with Crippen molar-refractivity contribution < 1.29 is 13.3 Å². The summed E-state index contributed by atoms with van der Waals surface area (Å²) in [6, 6.07) is 75.1. The van der Waals surface area contributed by atoms with Crippen LogP contribution in [0.25, 0.3) is 132 Å². The molecular formula is C63H34O3. The number of furan rings is 3. The van der Waals surface area contributed by atoms with Crippen molar-refractivity contribution in [3.05, 3.63) is 229 Å². The molecule has 16 rings (SSSR count). The van der Waals surface area contributed by atoms with Gasteiger partial charge < -0.3 is 13.3 Å². The molecule has 0 aliphatic heterocycles. The number of hydrogen-bond donors (Lipinski definition) is 0. The second-order valence-electron chi connectivity index (χ2n) is 18.1. The Bertz CT molecular complexity index is 4370. The smallest absolute Gasteiger partial charge is 0.136 e. The van der Waals surface area contributed by atoms with Gasteiger partial charge in [0.1, 0.15) is 33.5 Å². The summed E-state index contributed by atoms with van der Waals surface area (Å²) in [7, 11) is 0. The zero-order valence-corrected chi connectivity index (χ0v) is 35.4. The van der Waals surface area contributed by atoms with Gasteiger partial charge in [0.2, 0.25) is 0 Å². The molecule has 0 N–H and O–H groups in total. The maximum absolute atomic E-state index is 6.96. The monoisotopic (exact) mass is 838 g/mol. The van der Waals surface area contributed by atoms with Crippen LogP contribution in [0.3, 0.4) is 0 Å². The lowest BCUT2D eigenvalue weighted by Crippen LogP contribution is -2.25. The highest BCUT2D eigenvalue weighted by atomic mass is 16.3. The molecule has 0 saturated carbocycles. The fourth-order valence-corrected chi connectivity index (χ4v) is 12.6. The Morgan fingerprint density at radius 2 is 0.636 bits per heavy atom. The van der Waals surface area contributed by atoms with Gasteiger partial charge in [0.15, 0.2) is 0 Å². The molecule has 14 aromatic rings. The lowest BCUT2D eigenvalue weighted by molar-refractivity contribution is 0.663. The van der Waals surface area contributed by atoms with Gasteiger partial charge in [-0.3, -0.25) is 0 Å². The first kappa shape index (κ1) is 34.8. The van der Waals surface area contributed by atoms with Crippen molar-refractivity contribution in [3.63, 3.8) is 0 Å². The van der Waals surface area contributed by atoms with Gasteiger partial charge >= 0.3 is 0 Å². The van der Waals surface area contributed by atoms with Crippen LogP contribution in [0.4, 0.5) is 0 Å². The second kappa shape index (κ2) is 12.3. The minimum Gasteiger partial charge on any atom is -0.456 e. The van der Waals surface area contributed by atoms with E-state index in [1.165, 1.54) is 82.6 Å². The molecule has 0 unspecified atom stereocenters. The number of fused-ring (bicyclic) bond motifs is 23. The van der Waals surface area contributed by atoms with Crippen molar-refractivity contribution in [1.29, 1.82) is 0 Å². The third-order valence-electron chi connectivity index (χ3n) is 15.1. The van der Waals surface area contributed by atoms with Crippen molar-refractivity contribution >= 4 is 87.4 Å². The molecule has 0 radical (unpaired) electrons. The molecule has 3 heterocycles. The molecule has 2 aliphatic rings. The molecular weight excluding hydrogens is 805 g/mol. The number of benzene rings is 11. The van der Waals surface area contributed by atoms with E-state index < -0.39 is 5.41 Å².